The van der Waals surface area contributed by atoms with Crippen molar-refractivity contribution in [3.63, 3.8) is 0 Å². The van der Waals surface area contributed by atoms with Crippen LogP contribution < -0.4 is 4.72 Å². The molecule has 0 aromatic heterocycles. The molecule has 0 radical (unpaired) electrons. The van der Waals surface area contributed by atoms with Crippen molar-refractivity contribution in [3.8, 4) is 0 Å². The van der Waals surface area contributed by atoms with Crippen molar-refractivity contribution in [2.75, 3.05) is 5.75 Å². The van der Waals surface area contributed by atoms with E-state index in [-0.39, 0.29) is 18.6 Å². The zero-order valence-corrected chi connectivity index (χ0v) is 12.0. The first-order valence-electron chi connectivity index (χ1n) is 5.77. The van der Waals surface area contributed by atoms with E-state index in [0.717, 1.165) is 5.56 Å². The lowest BCUT2D eigenvalue weighted by Crippen LogP contribution is -2.29. The third kappa shape index (κ3) is 6.04. The molecule has 0 saturated heterocycles. The van der Waals surface area contributed by atoms with Gasteiger partial charge in [0.1, 0.15) is 0 Å². The Labute approximate surface area is 117 Å². The van der Waals surface area contributed by atoms with Crippen molar-refractivity contribution in [2.45, 2.75) is 25.8 Å². The van der Waals surface area contributed by atoms with Gasteiger partial charge in [0, 0.05) is 17.5 Å². The van der Waals surface area contributed by atoms with Gasteiger partial charge in [0.05, 0.1) is 5.75 Å². The first kappa shape index (κ1) is 15.9. The Kier molecular flexibility index (Phi) is 5.78. The summed E-state index contributed by atoms with van der Waals surface area (Å²) in [6.07, 6.45) is -0.0701. The van der Waals surface area contributed by atoms with Gasteiger partial charge in [0.25, 0.3) is 0 Å². The molecule has 0 unspecified atom stereocenters. The maximum atomic E-state index is 11.7. The SMILES string of the molecule is C[C@@H](NS(=O)(=O)CCCC(=O)O)c1cccc(Cl)c1. The molecule has 0 aliphatic heterocycles. The lowest BCUT2D eigenvalue weighted by molar-refractivity contribution is -0.137. The number of hydrogen-bond acceptors (Lipinski definition) is 3. The van der Waals surface area contributed by atoms with Crippen LogP contribution in [0.25, 0.3) is 0 Å². The fourth-order valence-corrected chi connectivity index (χ4v) is 3.10. The maximum absolute atomic E-state index is 11.7. The summed E-state index contributed by atoms with van der Waals surface area (Å²) in [5, 5.41) is 9.01. The standard InChI is InChI=1S/C12H16ClNO4S/c1-9(10-4-2-5-11(13)8-10)14-19(17,18)7-3-6-12(15)16/h2,4-5,8-9,14H,3,6-7H2,1H3,(H,15,16)/t9-/m1/s1. The van der Waals surface area contributed by atoms with Gasteiger partial charge in [-0.3, -0.25) is 4.79 Å². The Morgan fingerprint density at radius 1 is 1.47 bits per heavy atom. The summed E-state index contributed by atoms with van der Waals surface area (Å²) in [6.45, 7) is 1.71. The minimum atomic E-state index is -3.49. The summed E-state index contributed by atoms with van der Waals surface area (Å²) >= 11 is 5.84. The van der Waals surface area contributed by atoms with Crippen LogP contribution in [0.5, 0.6) is 0 Å². The quantitative estimate of drug-likeness (QED) is 0.809. The van der Waals surface area contributed by atoms with E-state index in [9.17, 15) is 13.2 Å². The van der Waals surface area contributed by atoms with Crippen LogP contribution in [-0.2, 0) is 14.8 Å². The molecule has 0 aliphatic carbocycles. The summed E-state index contributed by atoms with van der Waals surface area (Å²) in [6, 6.07) is 6.50. The molecule has 0 heterocycles. The van der Waals surface area contributed by atoms with Gasteiger partial charge in [-0.15, -0.1) is 0 Å². The topological polar surface area (TPSA) is 83.5 Å². The van der Waals surface area contributed by atoms with Gasteiger partial charge >= 0.3 is 5.97 Å². The second-order valence-electron chi connectivity index (χ2n) is 4.21. The number of sulfonamides is 1. The number of rotatable bonds is 7. The number of carbonyl (C=O) groups is 1. The molecule has 5 nitrogen and oxygen atoms in total. The van der Waals surface area contributed by atoms with E-state index < -0.39 is 22.0 Å². The van der Waals surface area contributed by atoms with Crippen LogP contribution >= 0.6 is 11.6 Å². The molecule has 0 bridgehead atoms. The highest BCUT2D eigenvalue weighted by atomic mass is 35.5. The maximum Gasteiger partial charge on any atom is 0.303 e. The zero-order valence-electron chi connectivity index (χ0n) is 10.5. The monoisotopic (exact) mass is 305 g/mol. The number of hydrogen-bond donors (Lipinski definition) is 2. The van der Waals surface area contributed by atoms with E-state index in [4.69, 9.17) is 16.7 Å². The molecule has 0 aliphatic rings. The fraction of sp³-hybridized carbons (Fsp3) is 0.417. The number of halogens is 1. The number of aliphatic carboxylic acids is 1. The van der Waals surface area contributed by atoms with E-state index in [2.05, 4.69) is 4.72 Å². The minimum Gasteiger partial charge on any atom is -0.481 e. The third-order valence-electron chi connectivity index (χ3n) is 2.51. The van der Waals surface area contributed by atoms with E-state index in [0.29, 0.717) is 5.02 Å². The predicted molar refractivity (Wildman–Crippen MR) is 73.7 cm³/mol. The van der Waals surface area contributed by atoms with E-state index in [1.807, 2.05) is 0 Å². The summed E-state index contributed by atoms with van der Waals surface area (Å²) in [5.74, 6) is -1.21. The molecule has 2 N–H and O–H groups in total. The van der Waals surface area contributed by atoms with Crippen molar-refractivity contribution >= 4 is 27.6 Å². The molecular formula is C12H16ClNO4S. The van der Waals surface area contributed by atoms with Gasteiger partial charge < -0.3 is 5.11 Å². The van der Waals surface area contributed by atoms with Crippen molar-refractivity contribution in [3.05, 3.63) is 34.9 Å². The highest BCUT2D eigenvalue weighted by molar-refractivity contribution is 7.89. The first-order chi connectivity index (χ1) is 8.80. The number of carboxylic acids is 1. The summed E-state index contributed by atoms with van der Waals surface area (Å²) in [7, 11) is -3.49. The van der Waals surface area contributed by atoms with Crippen LogP contribution in [-0.4, -0.2) is 25.2 Å². The van der Waals surface area contributed by atoms with Crippen molar-refractivity contribution in [1.82, 2.24) is 4.72 Å². The highest BCUT2D eigenvalue weighted by Crippen LogP contribution is 2.18. The second kappa shape index (κ2) is 6.88. The number of nitrogens with one attached hydrogen (secondary N) is 1. The molecule has 106 valence electrons. The summed E-state index contributed by atoms with van der Waals surface area (Å²) < 4.78 is 26.0. The van der Waals surface area contributed by atoms with E-state index in [1.165, 1.54) is 0 Å². The normalized spacial score (nSPS) is 13.2. The predicted octanol–water partition coefficient (Wildman–Crippen LogP) is 2.19. The van der Waals surface area contributed by atoms with Gasteiger partial charge in [-0.25, -0.2) is 13.1 Å². The second-order valence-corrected chi connectivity index (χ2v) is 6.52. The van der Waals surface area contributed by atoms with Crippen molar-refractivity contribution < 1.29 is 18.3 Å². The molecule has 1 rings (SSSR count). The van der Waals surface area contributed by atoms with Crippen LogP contribution in [0.1, 0.15) is 31.4 Å². The van der Waals surface area contributed by atoms with Crippen LogP contribution in [0.15, 0.2) is 24.3 Å². The van der Waals surface area contributed by atoms with Gasteiger partial charge in [-0.2, -0.15) is 0 Å². The molecule has 0 fully saturated rings. The molecule has 7 heteroatoms. The average Bonchev–Trinajstić information content (AvgIpc) is 2.27. The minimum absolute atomic E-state index is 0.0902. The molecule has 1 aromatic rings. The Balaban J connectivity index is 2.60. The van der Waals surface area contributed by atoms with E-state index >= 15 is 0 Å². The smallest absolute Gasteiger partial charge is 0.303 e. The van der Waals surface area contributed by atoms with Gasteiger partial charge in [-0.05, 0) is 31.0 Å². The molecule has 1 aromatic carbocycles. The van der Waals surface area contributed by atoms with Gasteiger partial charge in [0.15, 0.2) is 0 Å². The molecule has 0 amide bonds. The van der Waals surface area contributed by atoms with Crippen LogP contribution in [0.4, 0.5) is 0 Å². The zero-order chi connectivity index (χ0) is 14.5. The summed E-state index contributed by atoms with van der Waals surface area (Å²) in [4.78, 5) is 10.3. The molecule has 0 spiro atoms. The fourth-order valence-electron chi connectivity index (χ4n) is 1.59. The third-order valence-corrected chi connectivity index (χ3v) is 4.28. The van der Waals surface area contributed by atoms with Crippen LogP contribution in [0, 0.1) is 0 Å². The molecule has 1 atom stereocenters. The van der Waals surface area contributed by atoms with E-state index in [1.54, 1.807) is 31.2 Å². The van der Waals surface area contributed by atoms with Crippen LogP contribution in [0.3, 0.4) is 0 Å². The Hall–Kier alpha value is -1.11. The lowest BCUT2D eigenvalue weighted by atomic mass is 10.1. The highest BCUT2D eigenvalue weighted by Gasteiger charge is 2.16. The van der Waals surface area contributed by atoms with Gasteiger partial charge in [0.2, 0.25) is 10.0 Å². The Bertz CT molecular complexity index is 544. The Morgan fingerprint density at radius 2 is 2.16 bits per heavy atom. The van der Waals surface area contributed by atoms with Crippen LogP contribution in [0.2, 0.25) is 5.02 Å². The lowest BCUT2D eigenvalue weighted by Gasteiger charge is -2.14. The van der Waals surface area contributed by atoms with Crippen molar-refractivity contribution in [2.24, 2.45) is 0 Å². The number of carboxylic acid groups (broad SMARTS) is 1. The molecule has 0 saturated carbocycles. The summed E-state index contributed by atoms with van der Waals surface area (Å²) in [5.41, 5.74) is 0.759. The average molecular weight is 306 g/mol. The molecule has 19 heavy (non-hydrogen) atoms. The Morgan fingerprint density at radius 3 is 2.74 bits per heavy atom. The first-order valence-corrected chi connectivity index (χ1v) is 7.80. The van der Waals surface area contributed by atoms with Crippen molar-refractivity contribution in [1.29, 1.82) is 0 Å². The number of benzene rings is 1. The van der Waals surface area contributed by atoms with Gasteiger partial charge in [-0.1, -0.05) is 23.7 Å². The molecular weight excluding hydrogens is 290 g/mol. The largest absolute Gasteiger partial charge is 0.481 e.